The number of carbonyl (C=O) groups is 1. The standard InChI is InChI=1S/C13H18ClNO3/c1-8-6-5-7-10(11(8)14)12(16)15-9(2)13(17-3)18-4/h5-7,9,13H,1-4H3,(H,15,16). The smallest absolute Gasteiger partial charge is 0.253 e. The highest BCUT2D eigenvalue weighted by molar-refractivity contribution is 6.34. The molecule has 1 unspecified atom stereocenters. The Balaban J connectivity index is 2.79. The largest absolute Gasteiger partial charge is 0.354 e. The summed E-state index contributed by atoms with van der Waals surface area (Å²) >= 11 is 6.10. The minimum atomic E-state index is -0.488. The van der Waals surface area contributed by atoms with Crippen LogP contribution in [0.3, 0.4) is 0 Å². The van der Waals surface area contributed by atoms with E-state index in [1.54, 1.807) is 19.1 Å². The Bertz CT molecular complexity index is 419. The van der Waals surface area contributed by atoms with Crippen LogP contribution in [-0.2, 0) is 9.47 Å². The molecule has 0 saturated heterocycles. The van der Waals surface area contributed by atoms with E-state index in [-0.39, 0.29) is 11.9 Å². The van der Waals surface area contributed by atoms with Crippen LogP contribution in [0.1, 0.15) is 22.8 Å². The summed E-state index contributed by atoms with van der Waals surface area (Å²) in [4.78, 5) is 12.1. The van der Waals surface area contributed by atoms with Crippen molar-refractivity contribution in [1.29, 1.82) is 0 Å². The highest BCUT2D eigenvalue weighted by Gasteiger charge is 2.20. The second kappa shape index (κ2) is 6.73. The molecule has 100 valence electrons. The molecular formula is C13H18ClNO3. The van der Waals surface area contributed by atoms with Gasteiger partial charge in [-0.05, 0) is 25.5 Å². The van der Waals surface area contributed by atoms with Gasteiger partial charge in [-0.2, -0.15) is 0 Å². The Morgan fingerprint density at radius 1 is 1.33 bits per heavy atom. The van der Waals surface area contributed by atoms with Crippen LogP contribution in [0.2, 0.25) is 5.02 Å². The van der Waals surface area contributed by atoms with Crippen molar-refractivity contribution in [3.05, 3.63) is 34.3 Å². The molecule has 0 aliphatic carbocycles. The number of hydrogen-bond acceptors (Lipinski definition) is 3. The zero-order chi connectivity index (χ0) is 13.7. The number of rotatable bonds is 5. The number of carbonyl (C=O) groups excluding carboxylic acids is 1. The van der Waals surface area contributed by atoms with Gasteiger partial charge >= 0.3 is 0 Å². The lowest BCUT2D eigenvalue weighted by Gasteiger charge is -2.22. The molecule has 0 spiro atoms. The van der Waals surface area contributed by atoms with Crippen molar-refractivity contribution >= 4 is 17.5 Å². The van der Waals surface area contributed by atoms with Crippen molar-refractivity contribution in [3.63, 3.8) is 0 Å². The van der Waals surface area contributed by atoms with E-state index < -0.39 is 6.29 Å². The number of ether oxygens (including phenoxy) is 2. The fourth-order valence-electron chi connectivity index (χ4n) is 1.68. The summed E-state index contributed by atoms with van der Waals surface area (Å²) in [6.07, 6.45) is -0.488. The third kappa shape index (κ3) is 3.45. The first-order valence-corrected chi connectivity index (χ1v) is 6.00. The summed E-state index contributed by atoms with van der Waals surface area (Å²) in [7, 11) is 3.05. The van der Waals surface area contributed by atoms with Gasteiger partial charge in [0, 0.05) is 14.2 Å². The third-order valence-electron chi connectivity index (χ3n) is 2.67. The van der Waals surface area contributed by atoms with Crippen molar-refractivity contribution < 1.29 is 14.3 Å². The van der Waals surface area contributed by atoms with Crippen LogP contribution in [-0.4, -0.2) is 32.5 Å². The molecule has 1 aromatic carbocycles. The van der Waals surface area contributed by atoms with Crippen molar-refractivity contribution in [1.82, 2.24) is 5.32 Å². The Morgan fingerprint density at radius 2 is 1.94 bits per heavy atom. The van der Waals surface area contributed by atoms with Crippen LogP contribution in [0.5, 0.6) is 0 Å². The zero-order valence-corrected chi connectivity index (χ0v) is 11.7. The lowest BCUT2D eigenvalue weighted by atomic mass is 10.1. The van der Waals surface area contributed by atoms with E-state index in [1.165, 1.54) is 14.2 Å². The van der Waals surface area contributed by atoms with Gasteiger partial charge in [0.25, 0.3) is 5.91 Å². The Labute approximate surface area is 112 Å². The topological polar surface area (TPSA) is 47.6 Å². The van der Waals surface area contributed by atoms with Gasteiger partial charge in [-0.25, -0.2) is 0 Å². The maximum Gasteiger partial charge on any atom is 0.253 e. The molecule has 1 atom stereocenters. The average molecular weight is 272 g/mol. The van der Waals surface area contributed by atoms with E-state index in [4.69, 9.17) is 21.1 Å². The van der Waals surface area contributed by atoms with Crippen LogP contribution >= 0.6 is 11.6 Å². The SMILES string of the molecule is COC(OC)C(C)NC(=O)c1cccc(C)c1Cl. The molecule has 0 aliphatic heterocycles. The summed E-state index contributed by atoms with van der Waals surface area (Å²) in [5, 5.41) is 3.26. The molecule has 1 rings (SSSR count). The minimum absolute atomic E-state index is 0.240. The Kier molecular flexibility index (Phi) is 5.59. The van der Waals surface area contributed by atoms with Gasteiger partial charge in [-0.15, -0.1) is 0 Å². The highest BCUT2D eigenvalue weighted by Crippen LogP contribution is 2.20. The zero-order valence-electron chi connectivity index (χ0n) is 11.0. The molecule has 1 N–H and O–H groups in total. The summed E-state index contributed by atoms with van der Waals surface area (Å²) in [6.45, 7) is 3.66. The Morgan fingerprint density at radius 3 is 2.50 bits per heavy atom. The molecule has 0 bridgehead atoms. The van der Waals surface area contributed by atoms with E-state index in [0.29, 0.717) is 10.6 Å². The number of aryl methyl sites for hydroxylation is 1. The molecule has 4 nitrogen and oxygen atoms in total. The maximum atomic E-state index is 12.1. The molecular weight excluding hydrogens is 254 g/mol. The number of amides is 1. The first kappa shape index (κ1) is 15.0. The fraction of sp³-hybridized carbons (Fsp3) is 0.462. The van der Waals surface area contributed by atoms with E-state index in [2.05, 4.69) is 5.32 Å². The molecule has 0 radical (unpaired) electrons. The lowest BCUT2D eigenvalue weighted by molar-refractivity contribution is -0.117. The molecule has 0 heterocycles. The van der Waals surface area contributed by atoms with Crippen LogP contribution in [0, 0.1) is 6.92 Å². The van der Waals surface area contributed by atoms with Crippen LogP contribution in [0.4, 0.5) is 0 Å². The van der Waals surface area contributed by atoms with Crippen molar-refractivity contribution in [3.8, 4) is 0 Å². The third-order valence-corrected chi connectivity index (χ3v) is 3.17. The minimum Gasteiger partial charge on any atom is -0.354 e. The first-order valence-electron chi connectivity index (χ1n) is 5.62. The van der Waals surface area contributed by atoms with Gasteiger partial charge in [0.05, 0.1) is 16.6 Å². The number of halogens is 1. The van der Waals surface area contributed by atoms with Gasteiger partial charge in [-0.3, -0.25) is 4.79 Å². The second-order valence-corrected chi connectivity index (χ2v) is 4.42. The molecule has 0 aliphatic rings. The highest BCUT2D eigenvalue weighted by atomic mass is 35.5. The number of hydrogen-bond donors (Lipinski definition) is 1. The van der Waals surface area contributed by atoms with E-state index in [9.17, 15) is 4.79 Å². The maximum absolute atomic E-state index is 12.1. The quantitative estimate of drug-likeness (QED) is 0.837. The summed E-state index contributed by atoms with van der Waals surface area (Å²) in [6, 6.07) is 5.07. The van der Waals surface area contributed by atoms with Crippen molar-refractivity contribution in [2.75, 3.05) is 14.2 Å². The second-order valence-electron chi connectivity index (χ2n) is 4.04. The van der Waals surface area contributed by atoms with Gasteiger partial charge in [0.15, 0.2) is 6.29 Å². The van der Waals surface area contributed by atoms with Gasteiger partial charge in [0.2, 0.25) is 0 Å². The lowest BCUT2D eigenvalue weighted by Crippen LogP contribution is -2.43. The average Bonchev–Trinajstić information content (AvgIpc) is 2.34. The van der Waals surface area contributed by atoms with E-state index in [0.717, 1.165) is 5.56 Å². The van der Waals surface area contributed by atoms with Gasteiger partial charge in [0.1, 0.15) is 0 Å². The molecule has 0 saturated carbocycles. The summed E-state index contributed by atoms with van der Waals surface area (Å²) in [5.41, 5.74) is 1.32. The molecule has 18 heavy (non-hydrogen) atoms. The summed E-state index contributed by atoms with van der Waals surface area (Å²) < 4.78 is 10.2. The van der Waals surface area contributed by atoms with Crippen molar-refractivity contribution in [2.45, 2.75) is 26.2 Å². The number of benzene rings is 1. The van der Waals surface area contributed by atoms with E-state index >= 15 is 0 Å². The first-order chi connectivity index (χ1) is 8.51. The molecule has 0 aromatic heterocycles. The predicted molar refractivity (Wildman–Crippen MR) is 70.9 cm³/mol. The molecule has 1 aromatic rings. The Hall–Kier alpha value is -1.10. The summed E-state index contributed by atoms with van der Waals surface area (Å²) in [5.74, 6) is -0.240. The van der Waals surface area contributed by atoms with Gasteiger partial charge < -0.3 is 14.8 Å². The van der Waals surface area contributed by atoms with Crippen LogP contribution in [0.25, 0.3) is 0 Å². The molecule has 1 amide bonds. The molecule has 5 heteroatoms. The predicted octanol–water partition coefficient (Wildman–Crippen LogP) is 2.39. The number of methoxy groups -OCH3 is 2. The van der Waals surface area contributed by atoms with E-state index in [1.807, 2.05) is 13.0 Å². The number of nitrogens with one attached hydrogen (secondary N) is 1. The molecule has 0 fully saturated rings. The van der Waals surface area contributed by atoms with Crippen molar-refractivity contribution in [2.24, 2.45) is 0 Å². The van der Waals surface area contributed by atoms with Crippen LogP contribution < -0.4 is 5.32 Å². The monoisotopic (exact) mass is 271 g/mol. The van der Waals surface area contributed by atoms with Crippen LogP contribution in [0.15, 0.2) is 18.2 Å². The normalized spacial score (nSPS) is 12.6. The van der Waals surface area contributed by atoms with Gasteiger partial charge in [-0.1, -0.05) is 23.7 Å². The fourth-order valence-corrected chi connectivity index (χ4v) is 1.89.